The van der Waals surface area contributed by atoms with Crippen LogP contribution in [0.4, 0.5) is 0 Å². The molecule has 5 heteroatoms. The van der Waals surface area contributed by atoms with Gasteiger partial charge in [-0.15, -0.1) is 0 Å². The Bertz CT molecular complexity index is 687. The smallest absolute Gasteiger partial charge is 0.268 e. The van der Waals surface area contributed by atoms with Gasteiger partial charge in [-0.2, -0.15) is 0 Å². The number of aromatic amines is 1. The van der Waals surface area contributed by atoms with E-state index in [4.69, 9.17) is 4.74 Å². The zero-order valence-corrected chi connectivity index (χ0v) is 14.1. The third kappa shape index (κ3) is 3.20. The predicted octanol–water partition coefficient (Wildman–Crippen LogP) is 3.77. The van der Waals surface area contributed by atoms with Gasteiger partial charge in [0.15, 0.2) is 0 Å². The van der Waals surface area contributed by atoms with Crippen LogP contribution in [-0.4, -0.2) is 9.97 Å². The van der Waals surface area contributed by atoms with Crippen LogP contribution in [-0.2, 0) is 5.41 Å². The van der Waals surface area contributed by atoms with Crippen molar-refractivity contribution >= 4 is 22.6 Å². The fourth-order valence-corrected chi connectivity index (χ4v) is 2.28. The topological polar surface area (TPSA) is 55.0 Å². The molecule has 2 aromatic rings. The molecule has 2 rings (SSSR count). The largest absolute Gasteiger partial charge is 0.437 e. The molecule has 1 aromatic heterocycles. The summed E-state index contributed by atoms with van der Waals surface area (Å²) in [7, 11) is 0. The van der Waals surface area contributed by atoms with Gasteiger partial charge in [-0.3, -0.25) is 4.79 Å². The molecule has 0 atom stereocenters. The van der Waals surface area contributed by atoms with Crippen molar-refractivity contribution in [3.05, 3.63) is 49.6 Å². The molecule has 106 valence electrons. The first-order chi connectivity index (χ1) is 9.29. The minimum Gasteiger partial charge on any atom is -0.437 e. The van der Waals surface area contributed by atoms with E-state index in [2.05, 4.69) is 42.9 Å². The number of rotatable bonds is 2. The third-order valence-corrected chi connectivity index (χ3v) is 3.87. The van der Waals surface area contributed by atoms with Gasteiger partial charge in [-0.05, 0) is 46.6 Å². The number of aryl methyl sites for hydroxylation is 1. The highest BCUT2D eigenvalue weighted by Gasteiger charge is 2.20. The molecule has 0 aliphatic heterocycles. The first-order valence-corrected chi connectivity index (χ1v) is 7.39. The molecule has 1 heterocycles. The maximum absolute atomic E-state index is 11.6. The molecule has 0 bridgehead atoms. The highest BCUT2D eigenvalue weighted by molar-refractivity contribution is 14.1. The van der Waals surface area contributed by atoms with Gasteiger partial charge in [0, 0.05) is 5.56 Å². The SMILES string of the molecule is Cc1ccc(C(C)(C)C)c(Oc2nc[nH]c(=O)c2I)c1. The lowest BCUT2D eigenvalue weighted by Crippen LogP contribution is -2.15. The number of aromatic nitrogens is 2. The van der Waals surface area contributed by atoms with E-state index in [0.29, 0.717) is 9.45 Å². The Kier molecular flexibility index (Phi) is 4.17. The van der Waals surface area contributed by atoms with Crippen molar-refractivity contribution in [3.63, 3.8) is 0 Å². The quantitative estimate of drug-likeness (QED) is 0.802. The third-order valence-electron chi connectivity index (χ3n) is 2.92. The fraction of sp³-hybridized carbons (Fsp3) is 0.333. The van der Waals surface area contributed by atoms with Crippen LogP contribution in [0.5, 0.6) is 11.6 Å². The van der Waals surface area contributed by atoms with Gasteiger partial charge in [-0.25, -0.2) is 4.98 Å². The van der Waals surface area contributed by atoms with Crippen molar-refractivity contribution in [1.82, 2.24) is 9.97 Å². The van der Waals surface area contributed by atoms with E-state index in [0.717, 1.165) is 16.9 Å². The Morgan fingerprint density at radius 2 is 2.00 bits per heavy atom. The van der Waals surface area contributed by atoms with E-state index in [1.807, 2.05) is 35.6 Å². The van der Waals surface area contributed by atoms with Crippen LogP contribution >= 0.6 is 22.6 Å². The number of H-pyrrole nitrogens is 1. The summed E-state index contributed by atoms with van der Waals surface area (Å²) in [6, 6.07) is 6.09. The van der Waals surface area contributed by atoms with Gasteiger partial charge in [0.1, 0.15) is 9.32 Å². The molecule has 0 radical (unpaired) electrons. The molecule has 0 aliphatic carbocycles. The second-order valence-corrected chi connectivity index (χ2v) is 6.78. The summed E-state index contributed by atoms with van der Waals surface area (Å²) >= 11 is 1.94. The standard InChI is InChI=1S/C15H17IN2O2/c1-9-5-6-10(15(2,3)4)11(7-9)20-14-12(16)13(19)17-8-18-14/h5-8H,1-4H3,(H,17,18,19). The Morgan fingerprint density at radius 1 is 1.30 bits per heavy atom. The number of nitrogens with zero attached hydrogens (tertiary/aromatic N) is 1. The van der Waals surface area contributed by atoms with Gasteiger partial charge in [0.2, 0.25) is 5.88 Å². The van der Waals surface area contributed by atoms with E-state index >= 15 is 0 Å². The highest BCUT2D eigenvalue weighted by atomic mass is 127. The molecule has 20 heavy (non-hydrogen) atoms. The summed E-state index contributed by atoms with van der Waals surface area (Å²) < 4.78 is 6.34. The first kappa shape index (κ1) is 15.0. The second-order valence-electron chi connectivity index (χ2n) is 5.70. The van der Waals surface area contributed by atoms with Gasteiger partial charge in [-0.1, -0.05) is 32.9 Å². The predicted molar refractivity (Wildman–Crippen MR) is 87.5 cm³/mol. The van der Waals surface area contributed by atoms with E-state index in [1.54, 1.807) is 0 Å². The van der Waals surface area contributed by atoms with E-state index in [9.17, 15) is 4.79 Å². The van der Waals surface area contributed by atoms with Crippen LogP contribution in [0, 0.1) is 10.5 Å². The minimum absolute atomic E-state index is 0.0460. The summed E-state index contributed by atoms with van der Waals surface area (Å²) in [5.74, 6) is 1.08. The average molecular weight is 384 g/mol. The summed E-state index contributed by atoms with van der Waals surface area (Å²) in [4.78, 5) is 18.2. The van der Waals surface area contributed by atoms with Crippen molar-refractivity contribution in [2.24, 2.45) is 0 Å². The monoisotopic (exact) mass is 384 g/mol. The van der Waals surface area contributed by atoms with Crippen molar-refractivity contribution in [2.45, 2.75) is 33.1 Å². The molecule has 4 nitrogen and oxygen atoms in total. The normalized spacial score (nSPS) is 11.4. The van der Waals surface area contributed by atoms with Crippen molar-refractivity contribution in [2.75, 3.05) is 0 Å². The Hall–Kier alpha value is -1.37. The van der Waals surface area contributed by atoms with Crippen LogP contribution in [0.2, 0.25) is 0 Å². The van der Waals surface area contributed by atoms with Crippen LogP contribution < -0.4 is 10.3 Å². The molecule has 1 N–H and O–H groups in total. The molecule has 0 aliphatic rings. The van der Waals surface area contributed by atoms with Crippen molar-refractivity contribution < 1.29 is 4.74 Å². The average Bonchev–Trinajstić information content (AvgIpc) is 2.33. The Morgan fingerprint density at radius 3 is 2.65 bits per heavy atom. The van der Waals surface area contributed by atoms with E-state index in [-0.39, 0.29) is 11.0 Å². The summed E-state index contributed by atoms with van der Waals surface area (Å²) in [6.45, 7) is 8.39. The van der Waals surface area contributed by atoms with E-state index in [1.165, 1.54) is 6.33 Å². The van der Waals surface area contributed by atoms with Gasteiger partial charge in [0.05, 0.1) is 6.33 Å². The molecule has 0 spiro atoms. The second kappa shape index (κ2) is 5.55. The zero-order valence-electron chi connectivity index (χ0n) is 12.0. The lowest BCUT2D eigenvalue weighted by Gasteiger charge is -2.23. The van der Waals surface area contributed by atoms with Crippen molar-refractivity contribution in [3.8, 4) is 11.6 Å². The fourth-order valence-electron chi connectivity index (χ4n) is 1.88. The molecule has 0 fully saturated rings. The van der Waals surface area contributed by atoms with Crippen molar-refractivity contribution in [1.29, 1.82) is 0 Å². The van der Waals surface area contributed by atoms with Crippen LogP contribution in [0.15, 0.2) is 29.3 Å². The summed E-state index contributed by atoms with van der Waals surface area (Å²) in [5, 5.41) is 0. The number of ether oxygens (including phenoxy) is 1. The Labute approximate surface area is 131 Å². The van der Waals surface area contributed by atoms with Gasteiger partial charge < -0.3 is 9.72 Å². The van der Waals surface area contributed by atoms with Crippen LogP contribution in [0.3, 0.4) is 0 Å². The van der Waals surface area contributed by atoms with Crippen LogP contribution in [0.1, 0.15) is 31.9 Å². The zero-order chi connectivity index (χ0) is 14.9. The number of benzene rings is 1. The molecule has 0 saturated heterocycles. The molecule has 0 amide bonds. The molecule has 0 saturated carbocycles. The molecular weight excluding hydrogens is 367 g/mol. The lowest BCUT2D eigenvalue weighted by molar-refractivity contribution is 0.434. The van der Waals surface area contributed by atoms with E-state index < -0.39 is 0 Å². The number of nitrogens with one attached hydrogen (secondary N) is 1. The van der Waals surface area contributed by atoms with Crippen LogP contribution in [0.25, 0.3) is 0 Å². The maximum atomic E-state index is 11.6. The molecule has 0 unspecified atom stereocenters. The highest BCUT2D eigenvalue weighted by Crippen LogP contribution is 2.34. The molecule has 1 aromatic carbocycles. The minimum atomic E-state index is -0.194. The number of hydrogen-bond donors (Lipinski definition) is 1. The lowest BCUT2D eigenvalue weighted by atomic mass is 9.86. The van der Waals surface area contributed by atoms with Gasteiger partial charge >= 0.3 is 0 Å². The number of halogens is 1. The number of hydrogen-bond acceptors (Lipinski definition) is 3. The maximum Gasteiger partial charge on any atom is 0.268 e. The van der Waals surface area contributed by atoms with Gasteiger partial charge in [0.25, 0.3) is 5.56 Å². The summed E-state index contributed by atoms with van der Waals surface area (Å²) in [5.41, 5.74) is 1.95. The molecular formula is C15H17IN2O2. The Balaban J connectivity index is 2.50. The summed E-state index contributed by atoms with van der Waals surface area (Å²) in [6.07, 6.45) is 1.35. The first-order valence-electron chi connectivity index (χ1n) is 6.31.